The Labute approximate surface area is 132 Å². The van der Waals surface area contributed by atoms with E-state index >= 15 is 0 Å². The van der Waals surface area contributed by atoms with Crippen LogP contribution < -0.4 is 10.2 Å². The zero-order valence-electron chi connectivity index (χ0n) is 14.3. The van der Waals surface area contributed by atoms with Crippen molar-refractivity contribution in [2.24, 2.45) is 0 Å². The minimum absolute atomic E-state index is 0.0929. The first kappa shape index (κ1) is 16.7. The number of carbonyl (C=O) groups excluding carboxylic acids is 1. The molecule has 1 aromatic heterocycles. The van der Waals surface area contributed by atoms with Crippen LogP contribution in [0.15, 0.2) is 6.07 Å². The van der Waals surface area contributed by atoms with Gasteiger partial charge in [0.05, 0.1) is 6.04 Å². The number of anilines is 1. The summed E-state index contributed by atoms with van der Waals surface area (Å²) in [6.45, 7) is 13.3. The van der Waals surface area contributed by atoms with Gasteiger partial charge in [-0.3, -0.25) is 9.69 Å². The van der Waals surface area contributed by atoms with E-state index in [1.54, 1.807) is 0 Å². The molecule has 1 amide bonds. The maximum absolute atomic E-state index is 12.1. The number of hydrogen-bond acceptors (Lipinski definition) is 5. The van der Waals surface area contributed by atoms with Crippen molar-refractivity contribution in [3.05, 3.63) is 17.5 Å². The van der Waals surface area contributed by atoms with Gasteiger partial charge in [-0.1, -0.05) is 0 Å². The number of hydrogen-bond donors (Lipinski definition) is 1. The Morgan fingerprint density at radius 1 is 1.09 bits per heavy atom. The Balaban J connectivity index is 1.94. The fraction of sp³-hybridized carbons (Fsp3) is 0.688. The normalized spacial score (nSPS) is 17.6. The smallest absolute Gasteiger partial charge is 0.237 e. The topological polar surface area (TPSA) is 61.4 Å². The summed E-state index contributed by atoms with van der Waals surface area (Å²) in [5.41, 5.74) is 1.99. The van der Waals surface area contributed by atoms with Crippen molar-refractivity contribution in [2.45, 2.75) is 46.7 Å². The first-order chi connectivity index (χ1) is 10.4. The number of nitrogens with zero attached hydrogens (tertiary/aromatic N) is 4. The number of nitrogens with one attached hydrogen (secondary N) is 1. The molecule has 1 aromatic rings. The molecule has 2 heterocycles. The van der Waals surface area contributed by atoms with Gasteiger partial charge in [0.2, 0.25) is 11.9 Å². The second kappa shape index (κ2) is 7.05. The molecule has 1 saturated heterocycles. The van der Waals surface area contributed by atoms with Crippen molar-refractivity contribution in [1.82, 2.24) is 20.2 Å². The minimum atomic E-state index is -0.0929. The van der Waals surface area contributed by atoms with Crippen LogP contribution in [0.4, 0.5) is 5.95 Å². The van der Waals surface area contributed by atoms with Gasteiger partial charge in [-0.05, 0) is 40.7 Å². The first-order valence-electron chi connectivity index (χ1n) is 7.98. The quantitative estimate of drug-likeness (QED) is 0.903. The summed E-state index contributed by atoms with van der Waals surface area (Å²) in [5, 5.41) is 2.98. The van der Waals surface area contributed by atoms with Gasteiger partial charge in [0.1, 0.15) is 0 Å². The van der Waals surface area contributed by atoms with E-state index in [9.17, 15) is 4.79 Å². The summed E-state index contributed by atoms with van der Waals surface area (Å²) in [5.74, 6) is 0.905. The highest BCUT2D eigenvalue weighted by Crippen LogP contribution is 2.14. The molecule has 1 N–H and O–H groups in total. The highest BCUT2D eigenvalue weighted by molar-refractivity contribution is 5.81. The summed E-state index contributed by atoms with van der Waals surface area (Å²) in [6, 6.07) is 2.07. The molecule has 0 spiro atoms. The van der Waals surface area contributed by atoms with Crippen molar-refractivity contribution < 1.29 is 4.79 Å². The standard InChI is InChI=1S/C16H27N5O/c1-11(2)17-15(22)14(5)20-6-8-21(9-7-20)16-18-12(3)10-13(4)19-16/h10-11,14H,6-9H2,1-5H3,(H,17,22). The average Bonchev–Trinajstić information content (AvgIpc) is 2.45. The second-order valence-electron chi connectivity index (χ2n) is 6.31. The second-order valence-corrected chi connectivity index (χ2v) is 6.31. The highest BCUT2D eigenvalue weighted by Gasteiger charge is 2.26. The maximum atomic E-state index is 12.1. The van der Waals surface area contributed by atoms with Crippen LogP contribution in [-0.2, 0) is 4.79 Å². The number of carbonyl (C=O) groups is 1. The molecule has 6 nitrogen and oxygen atoms in total. The van der Waals surface area contributed by atoms with Crippen molar-refractivity contribution in [3.63, 3.8) is 0 Å². The summed E-state index contributed by atoms with van der Waals surface area (Å²) in [4.78, 5) is 25.6. The zero-order valence-corrected chi connectivity index (χ0v) is 14.3. The van der Waals surface area contributed by atoms with Crippen LogP contribution in [0, 0.1) is 13.8 Å². The van der Waals surface area contributed by atoms with E-state index in [2.05, 4.69) is 25.1 Å². The molecule has 0 radical (unpaired) electrons. The van der Waals surface area contributed by atoms with Gasteiger partial charge in [0, 0.05) is 43.6 Å². The SMILES string of the molecule is Cc1cc(C)nc(N2CCN(C(C)C(=O)NC(C)C)CC2)n1. The van der Waals surface area contributed by atoms with Gasteiger partial charge < -0.3 is 10.2 Å². The van der Waals surface area contributed by atoms with Gasteiger partial charge in [-0.15, -0.1) is 0 Å². The molecule has 0 aromatic carbocycles. The number of aryl methyl sites for hydroxylation is 2. The lowest BCUT2D eigenvalue weighted by atomic mass is 10.2. The molecule has 1 atom stereocenters. The van der Waals surface area contributed by atoms with Crippen LogP contribution in [0.1, 0.15) is 32.2 Å². The first-order valence-corrected chi connectivity index (χ1v) is 7.98. The molecule has 0 saturated carbocycles. The third-order valence-electron chi connectivity index (χ3n) is 3.93. The molecule has 1 aliphatic heterocycles. The van der Waals surface area contributed by atoms with Crippen LogP contribution in [0.3, 0.4) is 0 Å². The van der Waals surface area contributed by atoms with Crippen LogP contribution in [0.2, 0.25) is 0 Å². The fourth-order valence-electron chi connectivity index (χ4n) is 2.73. The molecule has 1 aliphatic rings. The van der Waals surface area contributed by atoms with E-state index in [1.807, 2.05) is 40.7 Å². The van der Waals surface area contributed by atoms with Crippen LogP contribution in [-0.4, -0.2) is 59.0 Å². The molecule has 2 rings (SSSR count). The number of piperazine rings is 1. The summed E-state index contributed by atoms with van der Waals surface area (Å²) in [7, 11) is 0. The average molecular weight is 305 g/mol. The molecule has 0 bridgehead atoms. The lowest BCUT2D eigenvalue weighted by Crippen LogP contribution is -2.54. The van der Waals surface area contributed by atoms with Gasteiger partial charge in [0.25, 0.3) is 0 Å². The van der Waals surface area contributed by atoms with E-state index in [-0.39, 0.29) is 18.0 Å². The predicted molar refractivity (Wildman–Crippen MR) is 88.0 cm³/mol. The Morgan fingerprint density at radius 2 is 1.64 bits per heavy atom. The molecule has 22 heavy (non-hydrogen) atoms. The van der Waals surface area contributed by atoms with E-state index < -0.39 is 0 Å². The van der Waals surface area contributed by atoms with Gasteiger partial charge in [-0.25, -0.2) is 9.97 Å². The maximum Gasteiger partial charge on any atom is 0.237 e. The van der Waals surface area contributed by atoms with E-state index in [0.29, 0.717) is 0 Å². The Hall–Kier alpha value is -1.69. The van der Waals surface area contributed by atoms with Crippen molar-refractivity contribution in [3.8, 4) is 0 Å². The lowest BCUT2D eigenvalue weighted by Gasteiger charge is -2.37. The van der Waals surface area contributed by atoms with Gasteiger partial charge >= 0.3 is 0 Å². The number of aromatic nitrogens is 2. The fourth-order valence-corrected chi connectivity index (χ4v) is 2.73. The Morgan fingerprint density at radius 3 is 2.14 bits per heavy atom. The van der Waals surface area contributed by atoms with Crippen LogP contribution in [0.25, 0.3) is 0 Å². The van der Waals surface area contributed by atoms with Crippen molar-refractivity contribution in [1.29, 1.82) is 0 Å². The molecular weight excluding hydrogens is 278 g/mol. The Kier molecular flexibility index (Phi) is 5.34. The minimum Gasteiger partial charge on any atom is -0.353 e. The third kappa shape index (κ3) is 4.16. The van der Waals surface area contributed by atoms with Gasteiger partial charge in [0.15, 0.2) is 0 Å². The van der Waals surface area contributed by atoms with Crippen LogP contribution in [0.5, 0.6) is 0 Å². The summed E-state index contributed by atoms with van der Waals surface area (Å²) in [6.07, 6.45) is 0. The van der Waals surface area contributed by atoms with Crippen molar-refractivity contribution >= 4 is 11.9 Å². The summed E-state index contributed by atoms with van der Waals surface area (Å²) >= 11 is 0. The largest absolute Gasteiger partial charge is 0.353 e. The monoisotopic (exact) mass is 305 g/mol. The molecule has 6 heteroatoms. The number of rotatable bonds is 4. The molecule has 122 valence electrons. The zero-order chi connectivity index (χ0) is 16.3. The molecule has 0 aliphatic carbocycles. The highest BCUT2D eigenvalue weighted by atomic mass is 16.2. The lowest BCUT2D eigenvalue weighted by molar-refractivity contribution is -0.126. The van der Waals surface area contributed by atoms with Crippen molar-refractivity contribution in [2.75, 3.05) is 31.1 Å². The Bertz CT molecular complexity index is 503. The number of amides is 1. The molecule has 1 unspecified atom stereocenters. The van der Waals surface area contributed by atoms with E-state index in [0.717, 1.165) is 43.5 Å². The van der Waals surface area contributed by atoms with E-state index in [1.165, 1.54) is 0 Å². The summed E-state index contributed by atoms with van der Waals surface area (Å²) < 4.78 is 0. The molecule has 1 fully saturated rings. The van der Waals surface area contributed by atoms with Crippen LogP contribution >= 0.6 is 0 Å². The van der Waals surface area contributed by atoms with Gasteiger partial charge in [-0.2, -0.15) is 0 Å². The predicted octanol–water partition coefficient (Wildman–Crippen LogP) is 1.13. The molecular formula is C16H27N5O. The van der Waals surface area contributed by atoms with E-state index in [4.69, 9.17) is 0 Å². The third-order valence-corrected chi connectivity index (χ3v) is 3.93.